The quantitative estimate of drug-likeness (QED) is 0.728. The topological polar surface area (TPSA) is 63.2 Å². The third-order valence-corrected chi connectivity index (χ3v) is 4.07. The molecule has 1 heterocycles. The van der Waals surface area contributed by atoms with Crippen molar-refractivity contribution >= 4 is 15.7 Å². The summed E-state index contributed by atoms with van der Waals surface area (Å²) < 4.78 is 22.2. The number of rotatable bonds is 2. The molecule has 1 N–H and O–H groups in total. The molecule has 1 amide bonds. The van der Waals surface area contributed by atoms with E-state index in [2.05, 4.69) is 5.32 Å². The second-order valence-corrected chi connectivity index (χ2v) is 6.39. The number of carbonyl (C=O) groups excluding carboxylic acids is 1. The van der Waals surface area contributed by atoms with Crippen molar-refractivity contribution in [2.75, 3.05) is 11.5 Å². The fraction of sp³-hybridized carbons (Fsp3) is 0.889. The summed E-state index contributed by atoms with van der Waals surface area (Å²) in [5, 5.41) is 2.81. The van der Waals surface area contributed by atoms with Gasteiger partial charge in [-0.2, -0.15) is 0 Å². The van der Waals surface area contributed by atoms with Gasteiger partial charge in [-0.05, 0) is 26.7 Å². The van der Waals surface area contributed by atoms with Gasteiger partial charge in [0.15, 0.2) is 0 Å². The summed E-state index contributed by atoms with van der Waals surface area (Å²) in [6.07, 6.45) is 0.946. The zero-order valence-corrected chi connectivity index (χ0v) is 9.43. The highest BCUT2D eigenvalue weighted by Crippen LogP contribution is 2.18. The molecule has 4 nitrogen and oxygen atoms in total. The molecule has 0 aromatic carbocycles. The van der Waals surface area contributed by atoms with E-state index >= 15 is 0 Å². The number of hydrogen-bond acceptors (Lipinski definition) is 3. The van der Waals surface area contributed by atoms with Gasteiger partial charge < -0.3 is 5.32 Å². The van der Waals surface area contributed by atoms with E-state index in [4.69, 9.17) is 0 Å². The molecule has 0 aliphatic carbocycles. The Bertz CT molecular complexity index is 294. The SMILES string of the molecule is CC(C)NC(=O)C1CCS(=O)(=O)CC1. The van der Waals surface area contributed by atoms with E-state index in [-0.39, 0.29) is 29.4 Å². The molecule has 1 saturated heterocycles. The summed E-state index contributed by atoms with van der Waals surface area (Å²) in [6, 6.07) is 0.126. The molecule has 0 aromatic heterocycles. The molecule has 14 heavy (non-hydrogen) atoms. The minimum Gasteiger partial charge on any atom is -0.354 e. The molecule has 0 spiro atoms. The molecule has 0 atom stereocenters. The first-order chi connectivity index (χ1) is 6.41. The van der Waals surface area contributed by atoms with Crippen LogP contribution in [0.25, 0.3) is 0 Å². The molecule has 1 rings (SSSR count). The van der Waals surface area contributed by atoms with Crippen LogP contribution in [0, 0.1) is 5.92 Å². The van der Waals surface area contributed by atoms with Crippen molar-refractivity contribution < 1.29 is 13.2 Å². The van der Waals surface area contributed by atoms with Crippen LogP contribution in [0.15, 0.2) is 0 Å². The average Bonchev–Trinajstić information content (AvgIpc) is 2.02. The Labute approximate surface area is 85.0 Å². The van der Waals surface area contributed by atoms with Gasteiger partial charge in [-0.1, -0.05) is 0 Å². The highest BCUT2D eigenvalue weighted by molar-refractivity contribution is 7.91. The second kappa shape index (κ2) is 4.29. The molecule has 1 aliphatic heterocycles. The van der Waals surface area contributed by atoms with Crippen LogP contribution < -0.4 is 5.32 Å². The van der Waals surface area contributed by atoms with Crippen LogP contribution in [0.3, 0.4) is 0 Å². The van der Waals surface area contributed by atoms with Crippen LogP contribution in [0.1, 0.15) is 26.7 Å². The van der Waals surface area contributed by atoms with Gasteiger partial charge in [-0.15, -0.1) is 0 Å². The van der Waals surface area contributed by atoms with E-state index in [0.717, 1.165) is 0 Å². The summed E-state index contributed by atoms with van der Waals surface area (Å²) in [7, 11) is -2.86. The van der Waals surface area contributed by atoms with Crippen LogP contribution >= 0.6 is 0 Å². The Hall–Kier alpha value is -0.580. The minimum atomic E-state index is -2.86. The molecular weight excluding hydrogens is 202 g/mol. The van der Waals surface area contributed by atoms with E-state index < -0.39 is 9.84 Å². The van der Waals surface area contributed by atoms with Gasteiger partial charge in [0.05, 0.1) is 11.5 Å². The third kappa shape index (κ3) is 3.29. The van der Waals surface area contributed by atoms with Crippen LogP contribution in [0.5, 0.6) is 0 Å². The maximum Gasteiger partial charge on any atom is 0.223 e. The van der Waals surface area contributed by atoms with Crippen molar-refractivity contribution in [3.8, 4) is 0 Å². The Morgan fingerprint density at radius 3 is 2.21 bits per heavy atom. The standard InChI is InChI=1S/C9H17NO3S/c1-7(2)10-9(11)8-3-5-14(12,13)6-4-8/h7-8H,3-6H2,1-2H3,(H,10,11). The highest BCUT2D eigenvalue weighted by Gasteiger charge is 2.28. The molecule has 5 heteroatoms. The largest absolute Gasteiger partial charge is 0.354 e. The summed E-state index contributed by atoms with van der Waals surface area (Å²) >= 11 is 0. The average molecular weight is 219 g/mol. The Balaban J connectivity index is 2.46. The van der Waals surface area contributed by atoms with Gasteiger partial charge in [-0.3, -0.25) is 4.79 Å². The first kappa shape index (κ1) is 11.5. The zero-order chi connectivity index (χ0) is 10.8. The molecule has 0 unspecified atom stereocenters. The van der Waals surface area contributed by atoms with Crippen molar-refractivity contribution in [3.05, 3.63) is 0 Å². The van der Waals surface area contributed by atoms with Crippen molar-refractivity contribution in [1.82, 2.24) is 5.32 Å². The number of sulfone groups is 1. The van der Waals surface area contributed by atoms with Gasteiger partial charge in [-0.25, -0.2) is 8.42 Å². The van der Waals surface area contributed by atoms with E-state index in [1.807, 2.05) is 13.8 Å². The van der Waals surface area contributed by atoms with Crippen molar-refractivity contribution in [2.45, 2.75) is 32.7 Å². The molecule has 0 radical (unpaired) electrons. The molecule has 82 valence electrons. The van der Waals surface area contributed by atoms with E-state index in [1.54, 1.807) is 0 Å². The summed E-state index contributed by atoms with van der Waals surface area (Å²) in [6.45, 7) is 3.80. The lowest BCUT2D eigenvalue weighted by Crippen LogP contribution is -2.39. The summed E-state index contributed by atoms with van der Waals surface area (Å²) in [5.74, 6) is 0.197. The molecule has 1 aliphatic rings. The third-order valence-electron chi connectivity index (χ3n) is 2.36. The smallest absolute Gasteiger partial charge is 0.223 e. The zero-order valence-electron chi connectivity index (χ0n) is 8.62. The normalized spacial score (nSPS) is 22.2. The number of hydrogen-bond donors (Lipinski definition) is 1. The second-order valence-electron chi connectivity index (χ2n) is 4.09. The number of carbonyl (C=O) groups is 1. The first-order valence-electron chi connectivity index (χ1n) is 4.91. The number of nitrogens with one attached hydrogen (secondary N) is 1. The van der Waals surface area contributed by atoms with E-state index in [9.17, 15) is 13.2 Å². The fourth-order valence-corrected chi connectivity index (χ4v) is 3.05. The Morgan fingerprint density at radius 1 is 1.29 bits per heavy atom. The molecule has 1 fully saturated rings. The van der Waals surface area contributed by atoms with Crippen LogP contribution in [0.2, 0.25) is 0 Å². The summed E-state index contributed by atoms with van der Waals surface area (Å²) in [4.78, 5) is 11.5. The maximum atomic E-state index is 11.5. The van der Waals surface area contributed by atoms with Crippen molar-refractivity contribution in [2.24, 2.45) is 5.92 Å². The monoisotopic (exact) mass is 219 g/mol. The van der Waals surface area contributed by atoms with Crippen LogP contribution in [0.4, 0.5) is 0 Å². The van der Waals surface area contributed by atoms with Crippen LogP contribution in [-0.2, 0) is 14.6 Å². The van der Waals surface area contributed by atoms with Crippen molar-refractivity contribution in [1.29, 1.82) is 0 Å². The lowest BCUT2D eigenvalue weighted by molar-refractivity contribution is -0.125. The van der Waals surface area contributed by atoms with Crippen molar-refractivity contribution in [3.63, 3.8) is 0 Å². The number of amides is 1. The lowest BCUT2D eigenvalue weighted by Gasteiger charge is -2.22. The Kier molecular flexibility index (Phi) is 3.53. The molecule has 0 bridgehead atoms. The molecule has 0 saturated carbocycles. The fourth-order valence-electron chi connectivity index (χ4n) is 1.55. The first-order valence-corrected chi connectivity index (χ1v) is 6.73. The Morgan fingerprint density at radius 2 is 1.79 bits per heavy atom. The van der Waals surface area contributed by atoms with Gasteiger partial charge >= 0.3 is 0 Å². The minimum absolute atomic E-state index is 0.00472. The highest BCUT2D eigenvalue weighted by atomic mass is 32.2. The van der Waals surface area contributed by atoms with Gasteiger partial charge in [0.1, 0.15) is 9.84 Å². The molecule has 0 aromatic rings. The summed E-state index contributed by atoms with van der Waals surface area (Å²) in [5.41, 5.74) is 0. The van der Waals surface area contributed by atoms with Crippen LogP contribution in [-0.4, -0.2) is 31.9 Å². The predicted molar refractivity (Wildman–Crippen MR) is 54.7 cm³/mol. The van der Waals surface area contributed by atoms with E-state index in [0.29, 0.717) is 12.8 Å². The maximum absolute atomic E-state index is 11.5. The van der Waals surface area contributed by atoms with E-state index in [1.165, 1.54) is 0 Å². The predicted octanol–water partition coefficient (Wildman–Crippen LogP) is 0.336. The van der Waals surface area contributed by atoms with Gasteiger partial charge in [0.2, 0.25) is 5.91 Å². The van der Waals surface area contributed by atoms with Gasteiger partial charge in [0, 0.05) is 12.0 Å². The molecular formula is C9H17NO3S. The van der Waals surface area contributed by atoms with Gasteiger partial charge in [0.25, 0.3) is 0 Å². The lowest BCUT2D eigenvalue weighted by atomic mass is 10.0.